The number of carbonyl (C=O) groups is 1. The molecule has 2 N–H and O–H groups in total. The van der Waals surface area contributed by atoms with Gasteiger partial charge in [0.15, 0.2) is 5.82 Å². The van der Waals surface area contributed by atoms with Crippen molar-refractivity contribution in [2.75, 3.05) is 18.0 Å². The molecule has 1 saturated heterocycles. The lowest BCUT2D eigenvalue weighted by atomic mass is 10.0. The maximum Gasteiger partial charge on any atom is 0.253 e. The van der Waals surface area contributed by atoms with Gasteiger partial charge in [0.05, 0.1) is 21.2 Å². The van der Waals surface area contributed by atoms with Crippen molar-refractivity contribution in [3.05, 3.63) is 58.2 Å². The zero-order valence-corrected chi connectivity index (χ0v) is 16.0. The first-order valence-corrected chi connectivity index (χ1v) is 9.96. The molecule has 2 aromatic heterocycles. The summed E-state index contributed by atoms with van der Waals surface area (Å²) in [5.41, 5.74) is 1.31. The van der Waals surface area contributed by atoms with Crippen LogP contribution in [0.15, 0.2) is 41.8 Å². The Morgan fingerprint density at radius 2 is 2.11 bits per heavy atom. The van der Waals surface area contributed by atoms with Gasteiger partial charge < -0.3 is 10.2 Å². The molecule has 4 rings (SSSR count). The molecule has 140 valence electrons. The Morgan fingerprint density at radius 1 is 1.30 bits per heavy atom. The van der Waals surface area contributed by atoms with Gasteiger partial charge in [0.1, 0.15) is 5.82 Å². The molecular formula is C19H18ClFN4OS. The van der Waals surface area contributed by atoms with Crippen molar-refractivity contribution < 1.29 is 9.18 Å². The highest BCUT2D eigenvalue weighted by Crippen LogP contribution is 2.27. The van der Waals surface area contributed by atoms with E-state index in [0.717, 1.165) is 48.4 Å². The van der Waals surface area contributed by atoms with E-state index >= 15 is 0 Å². The number of nitrogens with zero attached hydrogens (tertiary/aromatic N) is 2. The summed E-state index contributed by atoms with van der Waals surface area (Å²) in [6.07, 6.45) is 1.62. The van der Waals surface area contributed by atoms with Crippen LogP contribution < -0.4 is 10.2 Å². The number of thiophene rings is 1. The molecule has 27 heavy (non-hydrogen) atoms. The summed E-state index contributed by atoms with van der Waals surface area (Å²) in [5, 5.41) is 12.7. The normalized spacial score (nSPS) is 15.1. The van der Waals surface area contributed by atoms with Crippen LogP contribution in [0.5, 0.6) is 0 Å². The average Bonchev–Trinajstić information content (AvgIpc) is 3.34. The minimum atomic E-state index is -0.453. The van der Waals surface area contributed by atoms with Gasteiger partial charge in [-0.3, -0.25) is 9.89 Å². The molecule has 5 nitrogen and oxygen atoms in total. The van der Waals surface area contributed by atoms with Crippen LogP contribution in [0.25, 0.3) is 10.6 Å². The lowest BCUT2D eigenvalue weighted by Crippen LogP contribution is -2.44. The van der Waals surface area contributed by atoms with Gasteiger partial charge >= 0.3 is 0 Å². The summed E-state index contributed by atoms with van der Waals surface area (Å²) in [7, 11) is 0. The third kappa shape index (κ3) is 3.99. The molecule has 0 aliphatic carbocycles. The Hall–Kier alpha value is -2.38. The number of piperidine rings is 1. The zero-order valence-electron chi connectivity index (χ0n) is 14.4. The number of nitrogens with one attached hydrogen (secondary N) is 2. The predicted molar refractivity (Wildman–Crippen MR) is 106 cm³/mol. The second-order valence-corrected chi connectivity index (χ2v) is 7.83. The number of carbonyl (C=O) groups excluding carboxylic acids is 1. The number of aromatic amines is 1. The van der Waals surface area contributed by atoms with E-state index in [2.05, 4.69) is 32.5 Å². The first-order valence-electron chi connectivity index (χ1n) is 8.70. The quantitative estimate of drug-likeness (QED) is 0.680. The Balaban J connectivity index is 1.34. The molecule has 0 spiro atoms. The van der Waals surface area contributed by atoms with Crippen LogP contribution in [-0.4, -0.2) is 35.2 Å². The number of hydrogen-bond acceptors (Lipinski definition) is 4. The van der Waals surface area contributed by atoms with Crippen LogP contribution >= 0.6 is 22.9 Å². The lowest BCUT2D eigenvalue weighted by Gasteiger charge is -2.32. The molecule has 0 radical (unpaired) electrons. The fourth-order valence-electron chi connectivity index (χ4n) is 3.22. The largest absolute Gasteiger partial charge is 0.355 e. The summed E-state index contributed by atoms with van der Waals surface area (Å²) in [5.74, 6) is 0.203. The van der Waals surface area contributed by atoms with Crippen LogP contribution in [0, 0.1) is 5.82 Å². The highest BCUT2D eigenvalue weighted by Gasteiger charge is 2.23. The van der Waals surface area contributed by atoms with E-state index in [1.165, 1.54) is 12.1 Å². The number of H-pyrrole nitrogens is 1. The van der Waals surface area contributed by atoms with Crippen molar-refractivity contribution in [1.82, 2.24) is 15.5 Å². The number of halogens is 2. The molecule has 8 heteroatoms. The molecule has 0 unspecified atom stereocenters. The van der Waals surface area contributed by atoms with Crippen LogP contribution in [0.1, 0.15) is 23.2 Å². The van der Waals surface area contributed by atoms with Gasteiger partial charge in [-0.05, 0) is 42.5 Å². The molecule has 1 aliphatic heterocycles. The second-order valence-electron chi connectivity index (χ2n) is 6.48. The number of rotatable bonds is 4. The average molecular weight is 405 g/mol. The minimum Gasteiger partial charge on any atom is -0.355 e. The summed E-state index contributed by atoms with van der Waals surface area (Å²) >= 11 is 7.64. The first-order chi connectivity index (χ1) is 13.1. The third-order valence-electron chi connectivity index (χ3n) is 4.68. The van der Waals surface area contributed by atoms with E-state index in [4.69, 9.17) is 11.6 Å². The van der Waals surface area contributed by atoms with Crippen LogP contribution in [-0.2, 0) is 0 Å². The molecule has 1 amide bonds. The van der Waals surface area contributed by atoms with Gasteiger partial charge in [-0.2, -0.15) is 5.10 Å². The van der Waals surface area contributed by atoms with Crippen LogP contribution in [0.4, 0.5) is 10.2 Å². The fraction of sp³-hybridized carbons (Fsp3) is 0.263. The Kier molecular flexibility index (Phi) is 5.13. The molecule has 1 fully saturated rings. The van der Waals surface area contributed by atoms with E-state index in [1.807, 2.05) is 11.4 Å². The fourth-order valence-corrected chi connectivity index (χ4v) is 4.17. The maximum atomic E-state index is 13.1. The van der Waals surface area contributed by atoms with Crippen molar-refractivity contribution in [1.29, 1.82) is 0 Å². The number of anilines is 1. The van der Waals surface area contributed by atoms with Crippen molar-refractivity contribution in [3.8, 4) is 10.6 Å². The molecule has 0 bridgehead atoms. The number of hydrogen-bond donors (Lipinski definition) is 2. The van der Waals surface area contributed by atoms with Gasteiger partial charge in [-0.15, -0.1) is 11.3 Å². The molecule has 3 aromatic rings. The Labute approximate surface area is 165 Å². The molecule has 1 aromatic carbocycles. The molecule has 1 aliphatic rings. The highest BCUT2D eigenvalue weighted by molar-refractivity contribution is 7.13. The van der Waals surface area contributed by atoms with E-state index in [-0.39, 0.29) is 17.0 Å². The van der Waals surface area contributed by atoms with E-state index < -0.39 is 5.82 Å². The first kappa shape index (κ1) is 18.0. The zero-order chi connectivity index (χ0) is 18.8. The van der Waals surface area contributed by atoms with Crippen molar-refractivity contribution in [2.45, 2.75) is 18.9 Å². The highest BCUT2D eigenvalue weighted by atomic mass is 35.5. The molecule has 0 saturated carbocycles. The summed E-state index contributed by atoms with van der Waals surface area (Å²) in [4.78, 5) is 15.8. The van der Waals surface area contributed by atoms with E-state index in [9.17, 15) is 9.18 Å². The topological polar surface area (TPSA) is 61.0 Å². The number of aromatic nitrogens is 2. The van der Waals surface area contributed by atoms with Gasteiger partial charge in [0.2, 0.25) is 0 Å². The monoisotopic (exact) mass is 404 g/mol. The number of benzene rings is 1. The van der Waals surface area contributed by atoms with Gasteiger partial charge in [-0.1, -0.05) is 17.7 Å². The predicted octanol–water partition coefficient (Wildman–Crippen LogP) is 4.33. The van der Waals surface area contributed by atoms with Gasteiger partial charge in [0.25, 0.3) is 5.91 Å². The molecule has 3 heterocycles. The summed E-state index contributed by atoms with van der Waals surface area (Å²) < 4.78 is 13.1. The van der Waals surface area contributed by atoms with Crippen LogP contribution in [0.2, 0.25) is 5.02 Å². The Morgan fingerprint density at radius 3 is 2.81 bits per heavy atom. The van der Waals surface area contributed by atoms with E-state index in [0.29, 0.717) is 5.56 Å². The lowest BCUT2D eigenvalue weighted by molar-refractivity contribution is 0.0931. The van der Waals surface area contributed by atoms with Crippen LogP contribution in [0.3, 0.4) is 0 Å². The van der Waals surface area contributed by atoms with Crippen molar-refractivity contribution in [2.24, 2.45) is 0 Å². The van der Waals surface area contributed by atoms with E-state index in [1.54, 1.807) is 11.3 Å². The Bertz CT molecular complexity index is 935. The maximum absolute atomic E-state index is 13.1. The standard InChI is InChI=1S/C19H18ClFN4OS/c20-15-10-12(21)3-4-14(15)19(26)22-13-5-7-25(8-6-13)18-11-16(23-24-18)17-2-1-9-27-17/h1-4,9-11,13H,5-8H2,(H,22,26)(H,23,24). The van der Waals surface area contributed by atoms with Gasteiger partial charge in [0, 0.05) is 25.2 Å². The van der Waals surface area contributed by atoms with Crippen molar-refractivity contribution in [3.63, 3.8) is 0 Å². The second kappa shape index (κ2) is 7.70. The summed E-state index contributed by atoms with van der Waals surface area (Å²) in [6.45, 7) is 1.60. The van der Waals surface area contributed by atoms with Gasteiger partial charge in [-0.25, -0.2) is 4.39 Å². The smallest absolute Gasteiger partial charge is 0.253 e. The molecular weight excluding hydrogens is 387 g/mol. The molecule has 0 atom stereocenters. The SMILES string of the molecule is O=C(NC1CCN(c2cc(-c3cccs3)[nH]n2)CC1)c1ccc(F)cc1Cl. The van der Waals surface area contributed by atoms with Crippen molar-refractivity contribution >= 4 is 34.7 Å². The third-order valence-corrected chi connectivity index (χ3v) is 5.90. The minimum absolute atomic E-state index is 0.0607. The summed E-state index contributed by atoms with van der Waals surface area (Å²) in [6, 6.07) is 10.0. The number of amides is 1.